The van der Waals surface area contributed by atoms with Crippen molar-refractivity contribution in [2.45, 2.75) is 18.6 Å². The number of anilines is 1. The number of hydrogen-bond acceptors (Lipinski definition) is 8. The Bertz CT molecular complexity index is 1240. The molecule has 0 bridgehead atoms. The highest BCUT2D eigenvalue weighted by atomic mass is 35.5. The lowest BCUT2D eigenvalue weighted by atomic mass is 10.0. The van der Waals surface area contributed by atoms with E-state index in [0.717, 1.165) is 6.07 Å². The van der Waals surface area contributed by atoms with Crippen LogP contribution in [0.5, 0.6) is 11.5 Å². The Labute approximate surface area is 216 Å². The van der Waals surface area contributed by atoms with E-state index in [2.05, 4.69) is 4.98 Å². The maximum Gasteiger partial charge on any atom is 0.407 e. The molecule has 198 valence electrons. The fourth-order valence-corrected chi connectivity index (χ4v) is 5.25. The van der Waals surface area contributed by atoms with Crippen molar-refractivity contribution in [1.29, 1.82) is 0 Å². The summed E-state index contributed by atoms with van der Waals surface area (Å²) in [6.07, 6.45) is -1.09. The standard InChI is InChI=1S/C24H26ClFN4O7/c1-24(12-31)11-29(7-8-37-24)21-17-20(18(25)19(27-21)16-14(26)3-2-4-15(16)32)36-10-13-9-28(23(34)35)5-6-30(13)22(17)33/h2-4,13,31-32H,5-12H2,1H3,(H,34,35)/t13-,24?/m1/s1. The van der Waals surface area contributed by atoms with Gasteiger partial charge in [0, 0.05) is 26.2 Å². The number of morpholine rings is 1. The molecule has 13 heteroatoms. The number of carbonyl (C=O) groups is 2. The molecule has 2 saturated heterocycles. The number of phenolic OH excluding ortho intramolecular Hbond substituents is 1. The molecule has 1 unspecified atom stereocenters. The summed E-state index contributed by atoms with van der Waals surface area (Å²) in [6, 6.07) is 3.22. The summed E-state index contributed by atoms with van der Waals surface area (Å²) in [7, 11) is 0. The van der Waals surface area contributed by atoms with Gasteiger partial charge in [-0.3, -0.25) is 4.79 Å². The fourth-order valence-electron chi connectivity index (χ4n) is 4.97. The van der Waals surface area contributed by atoms with Crippen LogP contribution in [0.1, 0.15) is 17.3 Å². The molecule has 5 rings (SSSR count). The maximum absolute atomic E-state index is 14.9. The van der Waals surface area contributed by atoms with E-state index in [1.165, 1.54) is 17.0 Å². The van der Waals surface area contributed by atoms with Crippen molar-refractivity contribution in [3.05, 3.63) is 34.6 Å². The molecule has 4 heterocycles. The Kier molecular flexibility index (Phi) is 6.50. The van der Waals surface area contributed by atoms with Crippen LogP contribution < -0.4 is 9.64 Å². The molecule has 1 aromatic carbocycles. The number of piperazine rings is 1. The van der Waals surface area contributed by atoms with Gasteiger partial charge >= 0.3 is 6.09 Å². The van der Waals surface area contributed by atoms with Crippen LogP contribution in [0, 0.1) is 5.82 Å². The molecule has 0 spiro atoms. The van der Waals surface area contributed by atoms with Crippen LogP contribution in [0.4, 0.5) is 15.0 Å². The van der Waals surface area contributed by atoms with Crippen molar-refractivity contribution in [2.24, 2.45) is 0 Å². The Hall–Kier alpha value is -3.35. The molecule has 2 aromatic rings. The predicted molar refractivity (Wildman–Crippen MR) is 130 cm³/mol. The summed E-state index contributed by atoms with van der Waals surface area (Å²) in [5, 5.41) is 29.6. The van der Waals surface area contributed by atoms with Crippen LogP contribution in [0.2, 0.25) is 5.02 Å². The van der Waals surface area contributed by atoms with Gasteiger partial charge in [0.05, 0.1) is 31.4 Å². The highest BCUT2D eigenvalue weighted by Crippen LogP contribution is 2.46. The number of fused-ring (bicyclic) bond motifs is 2. The van der Waals surface area contributed by atoms with Crippen LogP contribution >= 0.6 is 11.6 Å². The zero-order chi connectivity index (χ0) is 26.5. The average Bonchev–Trinajstić information content (AvgIpc) is 3.02. The molecular weight excluding hydrogens is 511 g/mol. The lowest BCUT2D eigenvalue weighted by Crippen LogP contribution is -2.57. The first-order valence-electron chi connectivity index (χ1n) is 11.8. The van der Waals surface area contributed by atoms with Gasteiger partial charge in [-0.15, -0.1) is 0 Å². The molecule has 37 heavy (non-hydrogen) atoms. The monoisotopic (exact) mass is 536 g/mol. The number of aliphatic hydroxyl groups is 1. The smallest absolute Gasteiger partial charge is 0.407 e. The summed E-state index contributed by atoms with van der Waals surface area (Å²) < 4.78 is 26.7. The highest BCUT2D eigenvalue weighted by molar-refractivity contribution is 6.35. The molecule has 2 fully saturated rings. The third-order valence-electron chi connectivity index (χ3n) is 6.92. The number of aromatic hydroxyl groups is 1. The van der Waals surface area contributed by atoms with Crippen LogP contribution in [0.25, 0.3) is 11.3 Å². The zero-order valence-electron chi connectivity index (χ0n) is 20.0. The number of rotatable bonds is 3. The van der Waals surface area contributed by atoms with E-state index in [9.17, 15) is 29.3 Å². The number of carbonyl (C=O) groups excluding carboxylic acids is 1. The van der Waals surface area contributed by atoms with E-state index >= 15 is 0 Å². The van der Waals surface area contributed by atoms with E-state index in [4.69, 9.17) is 21.1 Å². The summed E-state index contributed by atoms with van der Waals surface area (Å²) in [5.74, 6) is -1.49. The van der Waals surface area contributed by atoms with Gasteiger partial charge in [0.2, 0.25) is 0 Å². The van der Waals surface area contributed by atoms with Gasteiger partial charge in [-0.1, -0.05) is 17.7 Å². The number of halogens is 2. The first kappa shape index (κ1) is 25.3. The largest absolute Gasteiger partial charge is 0.507 e. The minimum atomic E-state index is -1.09. The SMILES string of the molecule is CC1(CO)CN(c2nc(-c3c(O)cccc3F)c(Cl)c3c2C(=O)N2CCN(C(=O)O)C[C@@H]2CO3)CCO1. The van der Waals surface area contributed by atoms with Gasteiger partial charge in [-0.25, -0.2) is 14.2 Å². The number of benzene rings is 1. The number of ether oxygens (including phenoxy) is 2. The maximum atomic E-state index is 14.9. The molecule has 2 atom stereocenters. The van der Waals surface area contributed by atoms with Crippen molar-refractivity contribution < 1.29 is 38.8 Å². The zero-order valence-corrected chi connectivity index (χ0v) is 20.7. The van der Waals surface area contributed by atoms with Crippen LogP contribution in [0.15, 0.2) is 18.2 Å². The second-order valence-electron chi connectivity index (χ2n) is 9.51. The van der Waals surface area contributed by atoms with E-state index in [1.54, 1.807) is 16.7 Å². The van der Waals surface area contributed by atoms with Crippen LogP contribution in [-0.2, 0) is 4.74 Å². The number of aromatic nitrogens is 1. The Morgan fingerprint density at radius 2 is 2.08 bits per heavy atom. The van der Waals surface area contributed by atoms with Crippen molar-refractivity contribution in [3.8, 4) is 22.8 Å². The molecule has 0 aliphatic carbocycles. The number of hydrogen-bond donors (Lipinski definition) is 3. The van der Waals surface area contributed by atoms with Crippen LogP contribution in [0.3, 0.4) is 0 Å². The Morgan fingerprint density at radius 1 is 1.30 bits per heavy atom. The van der Waals surface area contributed by atoms with Gasteiger partial charge < -0.3 is 39.5 Å². The van der Waals surface area contributed by atoms with Crippen LogP contribution in [-0.4, -0.2) is 106 Å². The highest BCUT2D eigenvalue weighted by Gasteiger charge is 2.42. The second-order valence-corrected chi connectivity index (χ2v) is 9.88. The van der Waals surface area contributed by atoms with Gasteiger partial charge in [0.25, 0.3) is 5.91 Å². The second kappa shape index (κ2) is 9.51. The van der Waals surface area contributed by atoms with Gasteiger partial charge in [0.1, 0.15) is 45.9 Å². The molecule has 11 nitrogen and oxygen atoms in total. The molecule has 2 amide bonds. The Morgan fingerprint density at radius 3 is 2.78 bits per heavy atom. The number of nitrogens with zero attached hydrogens (tertiary/aromatic N) is 4. The normalized spacial score (nSPS) is 23.7. The predicted octanol–water partition coefficient (Wildman–Crippen LogP) is 2.03. The first-order chi connectivity index (χ1) is 17.6. The molecule has 0 radical (unpaired) electrons. The molecule has 0 saturated carbocycles. The van der Waals surface area contributed by atoms with Crippen molar-refractivity contribution >= 4 is 29.4 Å². The molecule has 3 aliphatic rings. The van der Waals surface area contributed by atoms with Crippen molar-refractivity contribution in [3.63, 3.8) is 0 Å². The van der Waals surface area contributed by atoms with E-state index in [0.29, 0.717) is 6.54 Å². The first-order valence-corrected chi connectivity index (χ1v) is 12.1. The van der Waals surface area contributed by atoms with Gasteiger partial charge in [0.15, 0.2) is 5.75 Å². The number of carboxylic acid groups (broad SMARTS) is 1. The number of pyridine rings is 1. The summed E-state index contributed by atoms with van der Waals surface area (Å²) >= 11 is 6.69. The Balaban J connectivity index is 1.68. The molecule has 3 aliphatic heterocycles. The van der Waals surface area contributed by atoms with E-state index in [-0.39, 0.29) is 79.4 Å². The van der Waals surface area contributed by atoms with Crippen molar-refractivity contribution in [1.82, 2.24) is 14.8 Å². The van der Waals surface area contributed by atoms with Crippen molar-refractivity contribution in [2.75, 3.05) is 57.4 Å². The third kappa shape index (κ3) is 4.38. The number of aliphatic hydroxyl groups excluding tert-OH is 1. The summed E-state index contributed by atoms with van der Waals surface area (Å²) in [6.45, 7) is 2.40. The average molecular weight is 537 g/mol. The summed E-state index contributed by atoms with van der Waals surface area (Å²) in [4.78, 5) is 34.6. The lowest BCUT2D eigenvalue weighted by molar-refractivity contribution is -0.0745. The van der Waals surface area contributed by atoms with Gasteiger partial charge in [-0.05, 0) is 19.1 Å². The van der Waals surface area contributed by atoms with E-state index < -0.39 is 35.2 Å². The molecule has 3 N–H and O–H groups in total. The quantitative estimate of drug-likeness (QED) is 0.538. The third-order valence-corrected chi connectivity index (χ3v) is 7.27. The summed E-state index contributed by atoms with van der Waals surface area (Å²) in [5.41, 5.74) is -1.25. The minimum Gasteiger partial charge on any atom is -0.507 e. The minimum absolute atomic E-state index is 0.0252. The fraction of sp³-hybridized carbons (Fsp3) is 0.458. The lowest BCUT2D eigenvalue weighted by Gasteiger charge is -2.41. The number of amides is 2. The molecule has 1 aromatic heterocycles. The van der Waals surface area contributed by atoms with Gasteiger partial charge in [-0.2, -0.15) is 0 Å². The number of phenols is 1. The van der Waals surface area contributed by atoms with E-state index in [1.807, 2.05) is 0 Å². The molecular formula is C24H26ClFN4O7. The topological polar surface area (TPSA) is 136 Å².